The third-order valence-electron chi connectivity index (χ3n) is 6.05. The largest absolute Gasteiger partial charge is 0.480 e. The highest BCUT2D eigenvalue weighted by Crippen LogP contribution is 2.44. The third kappa shape index (κ3) is 4.34. The Balaban J connectivity index is 1.48. The van der Waals surface area contributed by atoms with E-state index >= 15 is 0 Å². The molecule has 8 heteroatoms. The number of pyridine rings is 1. The molecule has 0 saturated heterocycles. The summed E-state index contributed by atoms with van der Waals surface area (Å²) >= 11 is 0. The molecule has 1 heterocycles. The van der Waals surface area contributed by atoms with E-state index in [-0.39, 0.29) is 30.3 Å². The fourth-order valence-corrected chi connectivity index (χ4v) is 4.34. The van der Waals surface area contributed by atoms with Crippen LogP contribution in [0.4, 0.5) is 10.5 Å². The molecule has 0 saturated carbocycles. The zero-order valence-electron chi connectivity index (χ0n) is 18.9. The zero-order chi connectivity index (χ0) is 24.2. The molecule has 2 aromatic carbocycles. The fourth-order valence-electron chi connectivity index (χ4n) is 4.34. The first kappa shape index (κ1) is 23.0. The summed E-state index contributed by atoms with van der Waals surface area (Å²) in [7, 11) is 1.40. The number of carbonyl (C=O) groups excluding carboxylic acids is 2. The number of anilines is 1. The van der Waals surface area contributed by atoms with Crippen molar-refractivity contribution < 1.29 is 24.2 Å². The van der Waals surface area contributed by atoms with Gasteiger partial charge in [0.05, 0.1) is 5.69 Å². The minimum Gasteiger partial charge on any atom is -0.480 e. The number of ether oxygens (including phenoxy) is 1. The number of carboxylic acid groups (broad SMARTS) is 1. The molecule has 1 aliphatic carbocycles. The standard InChI is InChI=1S/C26H25N3O5/c1-3-22(25(31)32)29(2)24(30)23-21(13-8-14-27-23)28-26(33)34-15-20-18-11-6-4-9-16(18)17-10-5-7-12-19(17)20/h4-14,20,22H,3,15H2,1-2H3,(H,28,33)(H,31,32). The van der Waals surface area contributed by atoms with Crippen molar-refractivity contribution in [3.8, 4) is 11.1 Å². The van der Waals surface area contributed by atoms with Crippen LogP contribution in [0.25, 0.3) is 11.1 Å². The smallest absolute Gasteiger partial charge is 0.411 e. The van der Waals surface area contributed by atoms with Crippen molar-refractivity contribution in [2.75, 3.05) is 19.0 Å². The lowest BCUT2D eigenvalue weighted by atomic mass is 9.98. The van der Waals surface area contributed by atoms with Crippen molar-refractivity contribution in [1.29, 1.82) is 0 Å². The molecule has 2 amide bonds. The average molecular weight is 460 g/mol. The van der Waals surface area contributed by atoms with Gasteiger partial charge in [-0.3, -0.25) is 10.1 Å². The van der Waals surface area contributed by atoms with Crippen LogP contribution in [0.15, 0.2) is 66.9 Å². The molecule has 0 bridgehead atoms. The number of nitrogens with one attached hydrogen (secondary N) is 1. The molecule has 0 radical (unpaired) electrons. The lowest BCUT2D eigenvalue weighted by Gasteiger charge is -2.24. The molecular weight excluding hydrogens is 434 g/mol. The van der Waals surface area contributed by atoms with Gasteiger partial charge >= 0.3 is 12.1 Å². The Morgan fingerprint density at radius 2 is 1.65 bits per heavy atom. The highest BCUT2D eigenvalue weighted by Gasteiger charge is 2.30. The maximum absolute atomic E-state index is 12.9. The van der Waals surface area contributed by atoms with Crippen LogP contribution in [0, 0.1) is 0 Å². The first-order chi connectivity index (χ1) is 16.4. The van der Waals surface area contributed by atoms with Gasteiger partial charge in [-0.2, -0.15) is 0 Å². The van der Waals surface area contributed by atoms with Crippen molar-refractivity contribution in [2.24, 2.45) is 0 Å². The molecule has 1 aromatic heterocycles. The van der Waals surface area contributed by atoms with Gasteiger partial charge in [-0.1, -0.05) is 55.5 Å². The SMILES string of the molecule is CCC(C(=O)O)N(C)C(=O)c1ncccc1NC(=O)OCC1c2ccccc2-c2ccccc21. The van der Waals surface area contributed by atoms with E-state index in [9.17, 15) is 19.5 Å². The molecule has 1 unspecified atom stereocenters. The number of aliphatic carboxylic acids is 1. The van der Waals surface area contributed by atoms with E-state index in [4.69, 9.17) is 4.74 Å². The minimum atomic E-state index is -1.11. The molecule has 3 aromatic rings. The topological polar surface area (TPSA) is 109 Å². The summed E-state index contributed by atoms with van der Waals surface area (Å²) in [6.45, 7) is 1.80. The van der Waals surface area contributed by atoms with E-state index in [2.05, 4.69) is 22.4 Å². The first-order valence-electron chi connectivity index (χ1n) is 11.0. The molecule has 4 rings (SSSR count). The van der Waals surface area contributed by atoms with E-state index in [0.717, 1.165) is 27.2 Å². The van der Waals surface area contributed by atoms with Crippen LogP contribution < -0.4 is 5.32 Å². The second kappa shape index (κ2) is 9.74. The zero-order valence-corrected chi connectivity index (χ0v) is 18.9. The number of aromatic nitrogens is 1. The lowest BCUT2D eigenvalue weighted by molar-refractivity contribution is -0.142. The van der Waals surface area contributed by atoms with Crippen molar-refractivity contribution in [1.82, 2.24) is 9.88 Å². The predicted octanol–water partition coefficient (Wildman–Crippen LogP) is 4.38. The second-order valence-electron chi connectivity index (χ2n) is 8.03. The van der Waals surface area contributed by atoms with Crippen LogP contribution in [0.2, 0.25) is 0 Å². The Hall–Kier alpha value is -4.20. The Bertz CT molecular complexity index is 1200. The van der Waals surface area contributed by atoms with E-state index in [0.29, 0.717) is 0 Å². The van der Waals surface area contributed by atoms with Crippen LogP contribution in [0.1, 0.15) is 40.9 Å². The number of hydrogen-bond donors (Lipinski definition) is 2. The Labute approximate surface area is 197 Å². The fraction of sp³-hybridized carbons (Fsp3) is 0.231. The molecule has 34 heavy (non-hydrogen) atoms. The lowest BCUT2D eigenvalue weighted by Crippen LogP contribution is -2.42. The number of benzene rings is 2. The van der Waals surface area contributed by atoms with E-state index in [1.807, 2.05) is 36.4 Å². The summed E-state index contributed by atoms with van der Waals surface area (Å²) in [5.74, 6) is -1.82. The summed E-state index contributed by atoms with van der Waals surface area (Å²) in [4.78, 5) is 42.2. The number of amides is 2. The third-order valence-corrected chi connectivity index (χ3v) is 6.05. The van der Waals surface area contributed by atoms with Crippen molar-refractivity contribution in [3.63, 3.8) is 0 Å². The van der Waals surface area contributed by atoms with Gasteiger partial charge in [-0.05, 0) is 40.8 Å². The van der Waals surface area contributed by atoms with Crippen LogP contribution in [0.3, 0.4) is 0 Å². The summed E-state index contributed by atoms with van der Waals surface area (Å²) in [6.07, 6.45) is 0.919. The number of carbonyl (C=O) groups is 3. The average Bonchev–Trinajstić information content (AvgIpc) is 3.16. The van der Waals surface area contributed by atoms with Gasteiger partial charge in [0.2, 0.25) is 0 Å². The van der Waals surface area contributed by atoms with Gasteiger partial charge in [0.15, 0.2) is 5.69 Å². The second-order valence-corrected chi connectivity index (χ2v) is 8.03. The minimum absolute atomic E-state index is 0.0572. The Morgan fingerprint density at radius 1 is 1.03 bits per heavy atom. The molecular formula is C26H25N3O5. The van der Waals surface area contributed by atoms with Gasteiger partial charge in [-0.25, -0.2) is 14.6 Å². The quantitative estimate of drug-likeness (QED) is 0.543. The van der Waals surface area contributed by atoms with Crippen LogP contribution >= 0.6 is 0 Å². The number of fused-ring (bicyclic) bond motifs is 3. The Morgan fingerprint density at radius 3 is 2.24 bits per heavy atom. The van der Waals surface area contributed by atoms with Gasteiger partial charge < -0.3 is 14.7 Å². The van der Waals surface area contributed by atoms with E-state index in [1.54, 1.807) is 13.0 Å². The number of carboxylic acids is 1. The molecule has 174 valence electrons. The van der Waals surface area contributed by atoms with Gasteiger partial charge in [0, 0.05) is 19.2 Å². The van der Waals surface area contributed by atoms with Crippen LogP contribution in [-0.4, -0.2) is 52.7 Å². The predicted molar refractivity (Wildman–Crippen MR) is 127 cm³/mol. The number of nitrogens with zero attached hydrogens (tertiary/aromatic N) is 2. The summed E-state index contributed by atoms with van der Waals surface area (Å²) in [5.41, 5.74) is 4.53. The van der Waals surface area contributed by atoms with E-state index in [1.165, 1.54) is 19.3 Å². The van der Waals surface area contributed by atoms with Crippen LogP contribution in [0.5, 0.6) is 0 Å². The first-order valence-corrected chi connectivity index (χ1v) is 11.0. The number of rotatable bonds is 7. The van der Waals surface area contributed by atoms with Gasteiger partial charge in [0.25, 0.3) is 5.91 Å². The van der Waals surface area contributed by atoms with Crippen LogP contribution in [-0.2, 0) is 9.53 Å². The highest BCUT2D eigenvalue weighted by molar-refractivity contribution is 6.02. The highest BCUT2D eigenvalue weighted by atomic mass is 16.5. The number of hydrogen-bond acceptors (Lipinski definition) is 5. The van der Waals surface area contributed by atoms with Crippen molar-refractivity contribution in [3.05, 3.63) is 83.7 Å². The summed E-state index contributed by atoms with van der Waals surface area (Å²) in [5, 5.41) is 11.9. The maximum atomic E-state index is 12.9. The monoisotopic (exact) mass is 459 g/mol. The van der Waals surface area contributed by atoms with Crippen molar-refractivity contribution in [2.45, 2.75) is 25.3 Å². The summed E-state index contributed by atoms with van der Waals surface area (Å²) < 4.78 is 5.55. The van der Waals surface area contributed by atoms with E-state index < -0.39 is 24.0 Å². The Kier molecular flexibility index (Phi) is 6.58. The molecule has 0 aliphatic heterocycles. The molecule has 1 atom stereocenters. The maximum Gasteiger partial charge on any atom is 0.411 e. The normalized spacial score (nSPS) is 12.9. The molecule has 8 nitrogen and oxygen atoms in total. The summed E-state index contributed by atoms with van der Waals surface area (Å²) in [6, 6.07) is 18.2. The van der Waals surface area contributed by atoms with Crippen molar-refractivity contribution >= 4 is 23.7 Å². The molecule has 1 aliphatic rings. The number of likely N-dealkylation sites (N-methyl/N-ethyl adjacent to an activating group) is 1. The van der Waals surface area contributed by atoms with Gasteiger partial charge in [-0.15, -0.1) is 0 Å². The molecule has 0 fully saturated rings. The molecule has 2 N–H and O–H groups in total. The van der Waals surface area contributed by atoms with Gasteiger partial charge in [0.1, 0.15) is 12.6 Å². The molecule has 0 spiro atoms.